The molecule has 2 atom stereocenters. The zero-order valence-electron chi connectivity index (χ0n) is 15.1. The molecule has 2 aromatic carbocycles. The maximum Gasteiger partial charge on any atom is 0.134 e. The second kappa shape index (κ2) is 6.86. The van der Waals surface area contributed by atoms with Gasteiger partial charge in [0, 0.05) is 11.6 Å². The van der Waals surface area contributed by atoms with Crippen LogP contribution in [0.3, 0.4) is 0 Å². The Morgan fingerprint density at radius 3 is 2.20 bits per heavy atom. The molecule has 0 amide bonds. The van der Waals surface area contributed by atoms with Gasteiger partial charge in [-0.15, -0.1) is 0 Å². The summed E-state index contributed by atoms with van der Waals surface area (Å²) >= 11 is 0. The SMILES string of the molecule is CCC1(C(C)C(C)Cc2cccc(-c3cc(F)cc(F)c3)c2F)CC1. The van der Waals surface area contributed by atoms with Gasteiger partial charge in [-0.3, -0.25) is 0 Å². The lowest BCUT2D eigenvalue weighted by Crippen LogP contribution is -2.21. The molecule has 0 radical (unpaired) electrons. The highest BCUT2D eigenvalue weighted by molar-refractivity contribution is 5.65. The van der Waals surface area contributed by atoms with Crippen LogP contribution in [0.25, 0.3) is 11.1 Å². The van der Waals surface area contributed by atoms with E-state index in [1.807, 2.05) is 0 Å². The summed E-state index contributed by atoms with van der Waals surface area (Å²) in [7, 11) is 0. The van der Waals surface area contributed by atoms with Crippen LogP contribution in [0.15, 0.2) is 36.4 Å². The summed E-state index contributed by atoms with van der Waals surface area (Å²) in [5.74, 6) is -0.864. The minimum Gasteiger partial charge on any atom is -0.207 e. The smallest absolute Gasteiger partial charge is 0.134 e. The lowest BCUT2D eigenvalue weighted by molar-refractivity contribution is 0.230. The van der Waals surface area contributed by atoms with Gasteiger partial charge in [-0.2, -0.15) is 0 Å². The molecular weight excluding hydrogens is 321 g/mol. The zero-order chi connectivity index (χ0) is 18.2. The zero-order valence-corrected chi connectivity index (χ0v) is 15.1. The van der Waals surface area contributed by atoms with Crippen LogP contribution < -0.4 is 0 Å². The molecule has 0 saturated heterocycles. The van der Waals surface area contributed by atoms with Gasteiger partial charge in [0.05, 0.1) is 0 Å². The molecule has 0 heterocycles. The largest absolute Gasteiger partial charge is 0.207 e. The molecule has 2 unspecified atom stereocenters. The van der Waals surface area contributed by atoms with Gasteiger partial charge < -0.3 is 0 Å². The van der Waals surface area contributed by atoms with Crippen LogP contribution in [0.2, 0.25) is 0 Å². The topological polar surface area (TPSA) is 0 Å². The highest BCUT2D eigenvalue weighted by atomic mass is 19.1. The Hall–Kier alpha value is -1.77. The molecule has 0 nitrogen and oxygen atoms in total. The van der Waals surface area contributed by atoms with Crippen LogP contribution in [-0.2, 0) is 6.42 Å². The average molecular weight is 346 g/mol. The first-order valence-corrected chi connectivity index (χ1v) is 9.10. The summed E-state index contributed by atoms with van der Waals surface area (Å²) in [6, 6.07) is 8.27. The molecule has 0 aliphatic heterocycles. The monoisotopic (exact) mass is 346 g/mol. The number of hydrogen-bond donors (Lipinski definition) is 0. The third-order valence-corrected chi connectivity index (χ3v) is 6.21. The van der Waals surface area contributed by atoms with E-state index in [1.54, 1.807) is 18.2 Å². The molecule has 1 aliphatic carbocycles. The molecule has 1 saturated carbocycles. The van der Waals surface area contributed by atoms with E-state index >= 15 is 0 Å². The summed E-state index contributed by atoms with van der Waals surface area (Å²) < 4.78 is 41.9. The summed E-state index contributed by atoms with van der Waals surface area (Å²) in [5, 5.41) is 0. The van der Waals surface area contributed by atoms with E-state index < -0.39 is 11.6 Å². The fourth-order valence-electron chi connectivity index (χ4n) is 4.09. The number of halogens is 3. The first-order chi connectivity index (χ1) is 11.9. The van der Waals surface area contributed by atoms with Gasteiger partial charge in [0.25, 0.3) is 0 Å². The molecule has 0 N–H and O–H groups in total. The third kappa shape index (κ3) is 3.61. The first-order valence-electron chi connectivity index (χ1n) is 9.10. The second-order valence-corrected chi connectivity index (χ2v) is 7.62. The minimum atomic E-state index is -0.694. The van der Waals surface area contributed by atoms with Crippen molar-refractivity contribution >= 4 is 0 Å². The average Bonchev–Trinajstić information content (AvgIpc) is 3.36. The maximum absolute atomic E-state index is 15.0. The summed E-state index contributed by atoms with van der Waals surface area (Å²) in [5.41, 5.74) is 1.55. The predicted molar refractivity (Wildman–Crippen MR) is 95.7 cm³/mol. The Balaban J connectivity index is 1.86. The Labute approximate surface area is 148 Å². The molecule has 0 spiro atoms. The van der Waals surface area contributed by atoms with Crippen molar-refractivity contribution in [2.45, 2.75) is 46.5 Å². The molecule has 134 valence electrons. The van der Waals surface area contributed by atoms with Crippen molar-refractivity contribution in [2.75, 3.05) is 0 Å². The summed E-state index contributed by atoms with van der Waals surface area (Å²) in [6.07, 6.45) is 4.34. The molecule has 25 heavy (non-hydrogen) atoms. The van der Waals surface area contributed by atoms with E-state index in [0.29, 0.717) is 29.2 Å². The van der Waals surface area contributed by atoms with Crippen molar-refractivity contribution in [3.05, 3.63) is 59.4 Å². The molecule has 1 aliphatic rings. The molecule has 3 heteroatoms. The van der Waals surface area contributed by atoms with Gasteiger partial charge >= 0.3 is 0 Å². The van der Waals surface area contributed by atoms with Crippen LogP contribution in [-0.4, -0.2) is 0 Å². The van der Waals surface area contributed by atoms with Gasteiger partial charge in [0.2, 0.25) is 0 Å². The number of benzene rings is 2. The van der Waals surface area contributed by atoms with Crippen LogP contribution in [0.1, 0.15) is 45.6 Å². The molecule has 1 fully saturated rings. The highest BCUT2D eigenvalue weighted by Crippen LogP contribution is 2.57. The van der Waals surface area contributed by atoms with Crippen molar-refractivity contribution in [3.8, 4) is 11.1 Å². The van der Waals surface area contributed by atoms with E-state index in [1.165, 1.54) is 31.4 Å². The van der Waals surface area contributed by atoms with Gasteiger partial charge in [-0.25, -0.2) is 13.2 Å². The van der Waals surface area contributed by atoms with Gasteiger partial charge in [0.1, 0.15) is 17.5 Å². The van der Waals surface area contributed by atoms with Crippen molar-refractivity contribution < 1.29 is 13.2 Å². The van der Waals surface area contributed by atoms with Crippen LogP contribution in [0, 0.1) is 34.7 Å². The van der Waals surface area contributed by atoms with E-state index in [2.05, 4.69) is 20.8 Å². The highest BCUT2D eigenvalue weighted by Gasteiger charge is 2.46. The quantitative estimate of drug-likeness (QED) is 0.541. The normalized spacial score (nSPS) is 18.0. The van der Waals surface area contributed by atoms with E-state index in [0.717, 1.165) is 6.07 Å². The Kier molecular flexibility index (Phi) is 4.95. The second-order valence-electron chi connectivity index (χ2n) is 7.62. The van der Waals surface area contributed by atoms with E-state index in [9.17, 15) is 13.2 Å². The lowest BCUT2D eigenvalue weighted by Gasteiger charge is -2.28. The minimum absolute atomic E-state index is 0.241. The first kappa shape index (κ1) is 18.0. The Morgan fingerprint density at radius 2 is 1.64 bits per heavy atom. The summed E-state index contributed by atoms with van der Waals surface area (Å²) in [4.78, 5) is 0. The lowest BCUT2D eigenvalue weighted by atomic mass is 9.77. The Morgan fingerprint density at radius 1 is 1.00 bits per heavy atom. The van der Waals surface area contributed by atoms with Crippen molar-refractivity contribution in [2.24, 2.45) is 17.3 Å². The summed E-state index contributed by atoms with van der Waals surface area (Å²) in [6.45, 7) is 6.68. The van der Waals surface area contributed by atoms with Gasteiger partial charge in [-0.05, 0) is 59.8 Å². The predicted octanol–water partition coefficient (Wildman–Crippen LogP) is 6.78. The van der Waals surface area contributed by atoms with Gasteiger partial charge in [0.15, 0.2) is 0 Å². The number of hydrogen-bond acceptors (Lipinski definition) is 0. The molecule has 0 bridgehead atoms. The van der Waals surface area contributed by atoms with E-state index in [-0.39, 0.29) is 16.9 Å². The van der Waals surface area contributed by atoms with Crippen LogP contribution >= 0.6 is 0 Å². The van der Waals surface area contributed by atoms with Crippen molar-refractivity contribution in [1.82, 2.24) is 0 Å². The molecule has 3 rings (SSSR count). The molecule has 2 aromatic rings. The third-order valence-electron chi connectivity index (χ3n) is 6.21. The fourth-order valence-corrected chi connectivity index (χ4v) is 4.09. The van der Waals surface area contributed by atoms with Crippen molar-refractivity contribution in [1.29, 1.82) is 0 Å². The maximum atomic E-state index is 15.0. The van der Waals surface area contributed by atoms with Crippen LogP contribution in [0.5, 0.6) is 0 Å². The van der Waals surface area contributed by atoms with Crippen LogP contribution in [0.4, 0.5) is 13.2 Å². The number of rotatable bonds is 6. The fraction of sp³-hybridized carbons (Fsp3) is 0.455. The van der Waals surface area contributed by atoms with Crippen molar-refractivity contribution in [3.63, 3.8) is 0 Å². The standard InChI is InChI=1S/C22H25F3/c1-4-22(8-9-22)15(3)14(2)10-16-6-5-7-20(21(16)25)17-11-18(23)13-19(24)12-17/h5-7,11-15H,4,8-10H2,1-3H3. The van der Waals surface area contributed by atoms with E-state index in [4.69, 9.17) is 0 Å². The molecular formula is C22H25F3. The Bertz CT molecular complexity index is 742. The van der Waals surface area contributed by atoms with Gasteiger partial charge in [-0.1, -0.05) is 45.4 Å². The molecule has 0 aromatic heterocycles.